The fourth-order valence-corrected chi connectivity index (χ4v) is 6.18. The van der Waals surface area contributed by atoms with Crippen molar-refractivity contribution < 1.29 is 14.4 Å². The van der Waals surface area contributed by atoms with E-state index in [0.717, 1.165) is 32.2 Å². The molecule has 0 aromatic heterocycles. The Balaban J connectivity index is 1.43. The highest BCUT2D eigenvalue weighted by Gasteiger charge is 2.51. The van der Waals surface area contributed by atoms with Gasteiger partial charge in [-0.05, 0) is 64.6 Å². The van der Waals surface area contributed by atoms with Gasteiger partial charge in [0.1, 0.15) is 0 Å². The maximum absolute atomic E-state index is 13.1. The molecule has 3 fully saturated rings. The number of carbonyl (C=O) groups is 3. The van der Waals surface area contributed by atoms with Crippen molar-refractivity contribution in [3.05, 3.63) is 35.9 Å². The van der Waals surface area contributed by atoms with Crippen molar-refractivity contribution in [2.45, 2.75) is 51.5 Å². The molecule has 1 aromatic rings. The minimum atomic E-state index is -0.717. The lowest BCUT2D eigenvalue weighted by Crippen LogP contribution is -2.55. The molecular weight excluding hydrogens is 416 g/mol. The summed E-state index contributed by atoms with van der Waals surface area (Å²) in [6.07, 6.45) is 4.63. The van der Waals surface area contributed by atoms with Crippen LogP contribution in [-0.4, -0.2) is 79.2 Å². The lowest BCUT2D eigenvalue weighted by Gasteiger charge is -2.49. The number of benzene rings is 1. The molecule has 7 heteroatoms. The Kier molecular flexibility index (Phi) is 6.29. The van der Waals surface area contributed by atoms with Crippen molar-refractivity contribution >= 4 is 17.7 Å². The first-order chi connectivity index (χ1) is 15.6. The van der Waals surface area contributed by atoms with E-state index in [0.29, 0.717) is 26.1 Å². The van der Waals surface area contributed by atoms with Gasteiger partial charge in [0, 0.05) is 38.1 Å². The lowest BCUT2D eigenvalue weighted by atomic mass is 9.64. The van der Waals surface area contributed by atoms with Crippen molar-refractivity contribution in [3.8, 4) is 0 Å². The number of piperazine rings is 1. The summed E-state index contributed by atoms with van der Waals surface area (Å²) in [6.45, 7) is 6.04. The van der Waals surface area contributed by atoms with Crippen LogP contribution in [-0.2, 0) is 19.9 Å². The summed E-state index contributed by atoms with van der Waals surface area (Å²) in [5, 5.41) is 2.76. The average molecular weight is 455 g/mol. The third-order valence-electron chi connectivity index (χ3n) is 8.20. The second-order valence-electron chi connectivity index (χ2n) is 11.2. The molecule has 2 saturated heterocycles. The van der Waals surface area contributed by atoms with Crippen LogP contribution < -0.4 is 5.32 Å². The second kappa shape index (κ2) is 8.75. The minimum Gasteiger partial charge on any atom is -0.353 e. The van der Waals surface area contributed by atoms with Gasteiger partial charge in [0.05, 0.1) is 12.0 Å². The Morgan fingerprint density at radius 3 is 2.36 bits per heavy atom. The monoisotopic (exact) mass is 454 g/mol. The molecule has 2 aliphatic heterocycles. The molecule has 0 bridgehead atoms. The normalized spacial score (nSPS) is 28.5. The summed E-state index contributed by atoms with van der Waals surface area (Å²) in [7, 11) is 4.32. The number of nitrogens with one attached hydrogen (secondary N) is 1. The zero-order valence-corrected chi connectivity index (χ0v) is 20.5. The van der Waals surface area contributed by atoms with Crippen LogP contribution in [0.4, 0.5) is 0 Å². The van der Waals surface area contributed by atoms with Gasteiger partial charge in [-0.1, -0.05) is 30.3 Å². The van der Waals surface area contributed by atoms with Gasteiger partial charge >= 0.3 is 0 Å². The molecule has 7 nitrogen and oxygen atoms in total. The highest BCUT2D eigenvalue weighted by atomic mass is 16.2. The molecule has 1 N–H and O–H groups in total. The third-order valence-corrected chi connectivity index (χ3v) is 8.20. The van der Waals surface area contributed by atoms with Gasteiger partial charge in [-0.15, -0.1) is 0 Å². The Bertz CT molecular complexity index is 903. The maximum Gasteiger partial charge on any atom is 0.239 e. The molecule has 1 aliphatic carbocycles. The zero-order chi connectivity index (χ0) is 23.9. The number of likely N-dealkylation sites (tertiary alicyclic amines) is 1. The molecule has 1 saturated carbocycles. The van der Waals surface area contributed by atoms with Crippen LogP contribution in [0.1, 0.15) is 51.5 Å². The van der Waals surface area contributed by atoms with Crippen molar-refractivity contribution in [2.24, 2.45) is 10.8 Å². The van der Waals surface area contributed by atoms with Crippen LogP contribution in [0.2, 0.25) is 0 Å². The van der Waals surface area contributed by atoms with Gasteiger partial charge in [0.15, 0.2) is 0 Å². The van der Waals surface area contributed by atoms with Gasteiger partial charge in [-0.2, -0.15) is 0 Å². The molecule has 0 atom stereocenters. The van der Waals surface area contributed by atoms with Crippen molar-refractivity contribution in [1.29, 1.82) is 0 Å². The Morgan fingerprint density at radius 1 is 1.09 bits per heavy atom. The van der Waals surface area contributed by atoms with E-state index in [9.17, 15) is 14.4 Å². The second-order valence-corrected chi connectivity index (χ2v) is 11.2. The third kappa shape index (κ3) is 4.52. The highest BCUT2D eigenvalue weighted by molar-refractivity contribution is 5.89. The summed E-state index contributed by atoms with van der Waals surface area (Å²) in [4.78, 5) is 43.8. The van der Waals surface area contributed by atoms with E-state index in [1.165, 1.54) is 5.56 Å². The number of hydrogen-bond donors (Lipinski definition) is 1. The largest absolute Gasteiger partial charge is 0.353 e. The molecule has 0 radical (unpaired) electrons. The molecule has 3 aliphatic rings. The van der Waals surface area contributed by atoms with Crippen molar-refractivity contribution in [3.63, 3.8) is 0 Å². The smallest absolute Gasteiger partial charge is 0.239 e. The van der Waals surface area contributed by atoms with E-state index in [-0.39, 0.29) is 35.2 Å². The SMILES string of the molecule is CN(C)C1(c2ccccc2)CCC2(CC1)CC(=O)N(CC(C)(C)C(=O)N1CCNC(=O)C1)C2. The van der Waals surface area contributed by atoms with Crippen LogP contribution in [0.25, 0.3) is 0 Å². The Morgan fingerprint density at radius 2 is 1.76 bits per heavy atom. The molecule has 1 aromatic carbocycles. The Labute approximate surface area is 197 Å². The van der Waals surface area contributed by atoms with Crippen LogP contribution in [0.3, 0.4) is 0 Å². The van der Waals surface area contributed by atoms with Gasteiger partial charge in [-0.3, -0.25) is 19.3 Å². The number of amides is 3. The van der Waals surface area contributed by atoms with Crippen LogP contribution >= 0.6 is 0 Å². The summed E-state index contributed by atoms with van der Waals surface area (Å²) in [5.74, 6) is -0.0126. The summed E-state index contributed by atoms with van der Waals surface area (Å²) < 4.78 is 0. The molecule has 180 valence electrons. The van der Waals surface area contributed by atoms with Gasteiger partial charge < -0.3 is 15.1 Å². The molecule has 1 spiro atoms. The topological polar surface area (TPSA) is 73.0 Å². The Hall–Kier alpha value is -2.41. The number of hydrogen-bond acceptors (Lipinski definition) is 4. The van der Waals surface area contributed by atoms with Gasteiger partial charge in [-0.25, -0.2) is 0 Å². The molecule has 33 heavy (non-hydrogen) atoms. The standard InChI is InChI=1S/C26H38N4O3/c1-24(2,23(33)29-15-14-27-21(31)17-29)18-30-19-25(16-22(30)32)10-12-26(13-11-25,28(3)4)20-8-6-5-7-9-20/h5-9H,10-19H2,1-4H3,(H,27,31). The fraction of sp³-hybridized carbons (Fsp3) is 0.654. The first-order valence-corrected chi connectivity index (χ1v) is 12.1. The van der Waals surface area contributed by atoms with Gasteiger partial charge in [0.2, 0.25) is 17.7 Å². The quantitative estimate of drug-likeness (QED) is 0.741. The highest BCUT2D eigenvalue weighted by Crippen LogP contribution is 2.52. The van der Waals surface area contributed by atoms with Crippen LogP contribution in [0, 0.1) is 10.8 Å². The summed E-state index contributed by atoms with van der Waals surface area (Å²) in [5.41, 5.74) is 0.635. The van der Waals surface area contributed by atoms with E-state index in [1.54, 1.807) is 4.90 Å². The van der Waals surface area contributed by atoms with Crippen LogP contribution in [0.5, 0.6) is 0 Å². The van der Waals surface area contributed by atoms with Crippen LogP contribution in [0.15, 0.2) is 30.3 Å². The average Bonchev–Trinajstić information content (AvgIpc) is 3.08. The fourth-order valence-electron chi connectivity index (χ4n) is 6.18. The first kappa shape index (κ1) is 23.7. The first-order valence-electron chi connectivity index (χ1n) is 12.1. The molecule has 3 amide bonds. The molecular formula is C26H38N4O3. The molecule has 4 rings (SSSR count). The molecule has 2 heterocycles. The summed E-state index contributed by atoms with van der Waals surface area (Å²) in [6, 6.07) is 10.7. The predicted molar refractivity (Wildman–Crippen MR) is 127 cm³/mol. The molecule has 0 unspecified atom stereocenters. The van der Waals surface area contributed by atoms with E-state index >= 15 is 0 Å². The zero-order valence-electron chi connectivity index (χ0n) is 20.5. The van der Waals surface area contributed by atoms with E-state index in [1.807, 2.05) is 18.7 Å². The van der Waals surface area contributed by atoms with Crippen molar-refractivity contribution in [1.82, 2.24) is 20.0 Å². The van der Waals surface area contributed by atoms with E-state index in [2.05, 4.69) is 54.6 Å². The van der Waals surface area contributed by atoms with Gasteiger partial charge in [0.25, 0.3) is 0 Å². The van der Waals surface area contributed by atoms with E-state index < -0.39 is 5.41 Å². The number of nitrogens with zero attached hydrogens (tertiary/aromatic N) is 3. The number of rotatable bonds is 5. The lowest BCUT2D eigenvalue weighted by molar-refractivity contribution is -0.147. The number of carbonyl (C=O) groups excluding carboxylic acids is 3. The predicted octanol–water partition coefficient (Wildman–Crippen LogP) is 2.22. The summed E-state index contributed by atoms with van der Waals surface area (Å²) >= 11 is 0. The maximum atomic E-state index is 13.1. The van der Waals surface area contributed by atoms with Crippen molar-refractivity contribution in [2.75, 3.05) is 46.8 Å². The van der Waals surface area contributed by atoms with E-state index in [4.69, 9.17) is 0 Å². The minimum absolute atomic E-state index is 0.00445.